The average molecular weight is 369 g/mol. The Hall–Kier alpha value is -1.60. The van der Waals surface area contributed by atoms with Gasteiger partial charge in [0.1, 0.15) is 10.6 Å². The number of nitrogens with zero attached hydrogens (tertiary/aromatic N) is 1. The molecule has 0 radical (unpaired) electrons. The second-order valence-electron chi connectivity index (χ2n) is 4.74. The summed E-state index contributed by atoms with van der Waals surface area (Å²) in [6.07, 6.45) is 0.918. The number of hydrogen-bond acceptors (Lipinski definition) is 5. The van der Waals surface area contributed by atoms with Crippen molar-refractivity contribution < 1.29 is 14.6 Å². The second kappa shape index (κ2) is 5.65. The summed E-state index contributed by atoms with van der Waals surface area (Å²) in [5.41, 5.74) is 2.77. The number of rotatable bonds is 4. The highest BCUT2D eigenvalue weighted by atomic mass is 79.9. The van der Waals surface area contributed by atoms with E-state index in [4.69, 9.17) is 9.84 Å². The van der Waals surface area contributed by atoms with Crippen molar-refractivity contribution in [1.82, 2.24) is 4.98 Å². The Morgan fingerprint density at radius 2 is 2.38 bits per heavy atom. The van der Waals surface area contributed by atoms with Gasteiger partial charge in [-0.3, -0.25) is 0 Å². The van der Waals surface area contributed by atoms with E-state index in [0.29, 0.717) is 24.0 Å². The van der Waals surface area contributed by atoms with Crippen LogP contribution in [0.1, 0.15) is 26.5 Å². The number of halogens is 1. The van der Waals surface area contributed by atoms with Crippen LogP contribution in [0.4, 0.5) is 5.13 Å². The number of aromatic nitrogens is 1. The smallest absolute Gasteiger partial charge is 0.347 e. The Labute approximate surface area is 134 Å². The molecule has 110 valence electrons. The molecule has 2 aromatic rings. The predicted octanol–water partition coefficient (Wildman–Crippen LogP) is 3.46. The summed E-state index contributed by atoms with van der Waals surface area (Å²) in [4.78, 5) is 15.5. The molecule has 1 aromatic heterocycles. The molecule has 0 atom stereocenters. The van der Waals surface area contributed by atoms with E-state index in [-0.39, 0.29) is 4.88 Å². The van der Waals surface area contributed by atoms with Crippen LogP contribution in [-0.4, -0.2) is 22.7 Å². The van der Waals surface area contributed by atoms with Gasteiger partial charge in [-0.25, -0.2) is 9.78 Å². The molecule has 1 aliphatic heterocycles. The van der Waals surface area contributed by atoms with Crippen LogP contribution < -0.4 is 10.1 Å². The lowest BCUT2D eigenvalue weighted by Gasteiger charge is -2.09. The van der Waals surface area contributed by atoms with Gasteiger partial charge in [-0.15, -0.1) is 0 Å². The van der Waals surface area contributed by atoms with E-state index in [1.54, 1.807) is 6.92 Å². The molecule has 0 aliphatic carbocycles. The van der Waals surface area contributed by atoms with Crippen molar-refractivity contribution in [3.63, 3.8) is 0 Å². The minimum atomic E-state index is -0.940. The first-order valence-corrected chi connectivity index (χ1v) is 8.04. The quantitative estimate of drug-likeness (QED) is 0.864. The molecule has 3 rings (SSSR count). The molecule has 1 aliphatic rings. The SMILES string of the molecule is Cc1nc(NCc2cc(Br)cc3c2OCC3)sc1C(=O)O. The second-order valence-corrected chi connectivity index (χ2v) is 6.66. The zero-order valence-corrected chi connectivity index (χ0v) is 13.7. The number of fused-ring (bicyclic) bond motifs is 1. The first kappa shape index (κ1) is 14.3. The zero-order chi connectivity index (χ0) is 15.0. The van der Waals surface area contributed by atoms with Gasteiger partial charge in [0.25, 0.3) is 0 Å². The van der Waals surface area contributed by atoms with Crippen LogP contribution in [0.5, 0.6) is 5.75 Å². The Morgan fingerprint density at radius 1 is 1.57 bits per heavy atom. The van der Waals surface area contributed by atoms with Crippen LogP contribution in [0, 0.1) is 6.92 Å². The highest BCUT2D eigenvalue weighted by Gasteiger charge is 2.18. The minimum Gasteiger partial charge on any atom is -0.493 e. The summed E-state index contributed by atoms with van der Waals surface area (Å²) in [6, 6.07) is 4.08. The molecule has 2 heterocycles. The third kappa shape index (κ3) is 2.89. The lowest BCUT2D eigenvalue weighted by atomic mass is 10.1. The number of thiazole rings is 1. The molecule has 1 aromatic carbocycles. The Bertz CT molecular complexity index is 714. The molecular weight excluding hydrogens is 356 g/mol. The molecule has 0 saturated carbocycles. The summed E-state index contributed by atoms with van der Waals surface area (Å²) >= 11 is 4.65. The number of nitrogens with one attached hydrogen (secondary N) is 1. The first-order valence-electron chi connectivity index (χ1n) is 6.43. The van der Waals surface area contributed by atoms with Gasteiger partial charge in [-0.05, 0) is 24.6 Å². The number of ether oxygens (including phenoxy) is 1. The van der Waals surface area contributed by atoms with Crippen molar-refractivity contribution in [1.29, 1.82) is 0 Å². The predicted molar refractivity (Wildman–Crippen MR) is 84.5 cm³/mol. The maximum Gasteiger partial charge on any atom is 0.347 e. The standard InChI is InChI=1S/C14H13BrN2O3S/c1-7-12(13(18)19)21-14(17-7)16-6-9-5-10(15)4-8-2-3-20-11(8)9/h4-5H,2-3,6H2,1H3,(H,16,17)(H,18,19). The van der Waals surface area contributed by atoms with Gasteiger partial charge in [-0.1, -0.05) is 27.3 Å². The molecule has 0 spiro atoms. The van der Waals surface area contributed by atoms with E-state index in [1.807, 2.05) is 6.07 Å². The Balaban J connectivity index is 1.79. The highest BCUT2D eigenvalue weighted by molar-refractivity contribution is 9.10. The molecule has 0 unspecified atom stereocenters. The lowest BCUT2D eigenvalue weighted by molar-refractivity contribution is 0.0701. The van der Waals surface area contributed by atoms with E-state index in [0.717, 1.165) is 33.5 Å². The number of benzene rings is 1. The number of aromatic carboxylic acids is 1. The normalized spacial score (nSPS) is 12.9. The van der Waals surface area contributed by atoms with Gasteiger partial charge in [-0.2, -0.15) is 0 Å². The summed E-state index contributed by atoms with van der Waals surface area (Å²) in [7, 11) is 0. The Kier molecular flexibility index (Phi) is 3.86. The van der Waals surface area contributed by atoms with Gasteiger partial charge >= 0.3 is 5.97 Å². The third-order valence-electron chi connectivity index (χ3n) is 3.25. The first-order chi connectivity index (χ1) is 10.0. The van der Waals surface area contributed by atoms with Crippen LogP contribution in [0.3, 0.4) is 0 Å². The summed E-state index contributed by atoms with van der Waals surface area (Å²) < 4.78 is 6.69. The van der Waals surface area contributed by atoms with E-state index in [2.05, 4.69) is 32.3 Å². The largest absolute Gasteiger partial charge is 0.493 e. The van der Waals surface area contributed by atoms with Crippen LogP contribution in [0.15, 0.2) is 16.6 Å². The summed E-state index contributed by atoms with van der Waals surface area (Å²) in [5, 5.41) is 12.8. The van der Waals surface area contributed by atoms with Gasteiger partial charge in [0.15, 0.2) is 5.13 Å². The van der Waals surface area contributed by atoms with Crippen molar-refractivity contribution in [2.75, 3.05) is 11.9 Å². The number of hydrogen-bond donors (Lipinski definition) is 2. The van der Waals surface area contributed by atoms with Crippen LogP contribution in [0.25, 0.3) is 0 Å². The molecule has 7 heteroatoms. The molecule has 2 N–H and O–H groups in total. The topological polar surface area (TPSA) is 71.5 Å². The minimum absolute atomic E-state index is 0.272. The van der Waals surface area contributed by atoms with Gasteiger partial charge in [0.2, 0.25) is 0 Å². The highest BCUT2D eigenvalue weighted by Crippen LogP contribution is 2.33. The fraction of sp³-hybridized carbons (Fsp3) is 0.286. The molecule has 0 fully saturated rings. The monoisotopic (exact) mass is 368 g/mol. The molecule has 5 nitrogen and oxygen atoms in total. The van der Waals surface area contributed by atoms with E-state index in [1.165, 1.54) is 5.56 Å². The van der Waals surface area contributed by atoms with Gasteiger partial charge < -0.3 is 15.2 Å². The summed E-state index contributed by atoms with van der Waals surface area (Å²) in [6.45, 7) is 2.96. The van der Waals surface area contributed by atoms with E-state index in [9.17, 15) is 4.79 Å². The van der Waals surface area contributed by atoms with Crippen molar-refractivity contribution >= 4 is 38.4 Å². The van der Waals surface area contributed by atoms with Gasteiger partial charge in [0, 0.05) is 23.0 Å². The van der Waals surface area contributed by atoms with Crippen molar-refractivity contribution in [2.24, 2.45) is 0 Å². The van der Waals surface area contributed by atoms with Crippen LogP contribution in [-0.2, 0) is 13.0 Å². The van der Waals surface area contributed by atoms with Crippen molar-refractivity contribution in [3.8, 4) is 5.75 Å². The Morgan fingerprint density at radius 3 is 3.10 bits per heavy atom. The molecule has 0 bridgehead atoms. The number of carboxylic acids is 1. The maximum atomic E-state index is 11.0. The molecule has 21 heavy (non-hydrogen) atoms. The van der Waals surface area contributed by atoms with Crippen molar-refractivity contribution in [3.05, 3.63) is 38.3 Å². The number of aryl methyl sites for hydroxylation is 1. The average Bonchev–Trinajstić information content (AvgIpc) is 3.02. The molecule has 0 amide bonds. The van der Waals surface area contributed by atoms with Crippen molar-refractivity contribution in [2.45, 2.75) is 19.9 Å². The lowest BCUT2D eigenvalue weighted by Crippen LogP contribution is -2.01. The van der Waals surface area contributed by atoms with Gasteiger partial charge in [0.05, 0.1) is 12.3 Å². The van der Waals surface area contributed by atoms with E-state index >= 15 is 0 Å². The summed E-state index contributed by atoms with van der Waals surface area (Å²) in [5.74, 6) is -0.0119. The molecular formula is C14H13BrN2O3S. The van der Waals surface area contributed by atoms with Crippen LogP contribution in [0.2, 0.25) is 0 Å². The number of carboxylic acid groups (broad SMARTS) is 1. The number of carbonyl (C=O) groups is 1. The number of anilines is 1. The van der Waals surface area contributed by atoms with Crippen LogP contribution >= 0.6 is 27.3 Å². The zero-order valence-electron chi connectivity index (χ0n) is 11.3. The fourth-order valence-corrected chi connectivity index (χ4v) is 3.67. The van der Waals surface area contributed by atoms with E-state index < -0.39 is 5.97 Å². The fourth-order valence-electron chi connectivity index (χ4n) is 2.32. The maximum absolute atomic E-state index is 11.0. The third-order valence-corrected chi connectivity index (χ3v) is 4.81. The molecule has 0 saturated heterocycles.